The molecule has 0 saturated heterocycles. The van der Waals surface area contributed by atoms with E-state index >= 15 is 0 Å². The standard InChI is InChI=1S/C24H33FO5/c25-21-12-6-5-8-17(21)9-7-10-18(26)14-15-20-19(22(27)16-23(20)28)11-3-1-2-4-13-24(29)30/h5-6,8-10,12,18-20,22-23,26-28H,1-4,11,13-16H2,(H,29,30)/t7?,18?,19-,20-,22+,23-/m1/s1. The van der Waals surface area contributed by atoms with Gasteiger partial charge < -0.3 is 20.4 Å². The number of aliphatic hydroxyl groups excluding tert-OH is 3. The predicted molar refractivity (Wildman–Crippen MR) is 113 cm³/mol. The second-order valence-corrected chi connectivity index (χ2v) is 8.19. The summed E-state index contributed by atoms with van der Waals surface area (Å²) in [6.45, 7) is 0. The fourth-order valence-electron chi connectivity index (χ4n) is 4.28. The Morgan fingerprint density at radius 1 is 1.10 bits per heavy atom. The molecule has 4 N–H and O–H groups in total. The van der Waals surface area contributed by atoms with Crippen molar-refractivity contribution in [3.05, 3.63) is 47.5 Å². The average molecular weight is 421 g/mol. The average Bonchev–Trinajstić information content (AvgIpc) is 2.96. The van der Waals surface area contributed by atoms with Crippen molar-refractivity contribution < 1.29 is 29.6 Å². The molecule has 0 radical (unpaired) electrons. The largest absolute Gasteiger partial charge is 0.481 e. The van der Waals surface area contributed by atoms with Crippen LogP contribution in [0.15, 0.2) is 36.1 Å². The lowest BCUT2D eigenvalue weighted by atomic mass is 9.85. The van der Waals surface area contributed by atoms with Crippen LogP contribution in [0.25, 0.3) is 6.08 Å². The maximum absolute atomic E-state index is 13.6. The van der Waals surface area contributed by atoms with Crippen molar-refractivity contribution in [2.75, 3.05) is 0 Å². The maximum Gasteiger partial charge on any atom is 0.303 e. The van der Waals surface area contributed by atoms with Crippen LogP contribution in [0.1, 0.15) is 63.4 Å². The van der Waals surface area contributed by atoms with Crippen molar-refractivity contribution in [2.24, 2.45) is 11.8 Å². The smallest absolute Gasteiger partial charge is 0.303 e. The van der Waals surface area contributed by atoms with Gasteiger partial charge in [-0.15, -0.1) is 5.73 Å². The highest BCUT2D eigenvalue weighted by Gasteiger charge is 2.40. The monoisotopic (exact) mass is 420 g/mol. The zero-order valence-electron chi connectivity index (χ0n) is 17.3. The first-order chi connectivity index (χ1) is 14.4. The van der Waals surface area contributed by atoms with Gasteiger partial charge in [0.1, 0.15) is 5.82 Å². The van der Waals surface area contributed by atoms with E-state index in [4.69, 9.17) is 5.11 Å². The Hall–Kier alpha value is -1.98. The molecule has 5 nitrogen and oxygen atoms in total. The van der Waals surface area contributed by atoms with Crippen LogP contribution in [0.5, 0.6) is 0 Å². The first kappa shape index (κ1) is 24.3. The Kier molecular flexibility index (Phi) is 10.2. The van der Waals surface area contributed by atoms with Gasteiger partial charge in [-0.25, -0.2) is 4.39 Å². The summed E-state index contributed by atoms with van der Waals surface area (Å²) in [5.74, 6) is -1.20. The lowest BCUT2D eigenvalue weighted by molar-refractivity contribution is -0.137. The van der Waals surface area contributed by atoms with Crippen molar-refractivity contribution in [1.82, 2.24) is 0 Å². The third kappa shape index (κ3) is 8.04. The van der Waals surface area contributed by atoms with E-state index in [-0.39, 0.29) is 24.1 Å². The molecule has 5 atom stereocenters. The molecule has 0 aliphatic heterocycles. The summed E-state index contributed by atoms with van der Waals surface area (Å²) >= 11 is 0. The topological polar surface area (TPSA) is 98.0 Å². The molecule has 6 heteroatoms. The Balaban J connectivity index is 1.79. The van der Waals surface area contributed by atoms with Crippen molar-refractivity contribution in [3.63, 3.8) is 0 Å². The van der Waals surface area contributed by atoms with E-state index in [1.165, 1.54) is 18.2 Å². The molecule has 0 heterocycles. The Morgan fingerprint density at radius 3 is 2.47 bits per heavy atom. The molecule has 0 amide bonds. The van der Waals surface area contributed by atoms with Gasteiger partial charge in [-0.3, -0.25) is 4.79 Å². The second-order valence-electron chi connectivity index (χ2n) is 8.19. The highest BCUT2D eigenvalue weighted by Crippen LogP contribution is 2.39. The van der Waals surface area contributed by atoms with Crippen LogP contribution in [0.4, 0.5) is 4.39 Å². The lowest BCUT2D eigenvalue weighted by Crippen LogP contribution is -2.23. The fourth-order valence-corrected chi connectivity index (χ4v) is 4.28. The molecule has 30 heavy (non-hydrogen) atoms. The van der Waals surface area contributed by atoms with Crippen molar-refractivity contribution in [1.29, 1.82) is 0 Å². The number of hydrogen-bond donors (Lipinski definition) is 4. The number of carboxylic acids is 1. The highest BCUT2D eigenvalue weighted by atomic mass is 19.1. The summed E-state index contributed by atoms with van der Waals surface area (Å²) in [5, 5.41) is 39.5. The predicted octanol–water partition coefficient (Wildman–Crippen LogP) is 3.92. The summed E-state index contributed by atoms with van der Waals surface area (Å²) in [6, 6.07) is 6.33. The molecule has 1 aliphatic rings. The van der Waals surface area contributed by atoms with E-state index in [2.05, 4.69) is 5.73 Å². The summed E-state index contributed by atoms with van der Waals surface area (Å²) in [5.41, 5.74) is 3.22. The van der Waals surface area contributed by atoms with Crippen LogP contribution in [0.2, 0.25) is 0 Å². The fraction of sp³-hybridized carbons (Fsp3) is 0.583. The summed E-state index contributed by atoms with van der Waals surface area (Å²) < 4.78 is 13.6. The van der Waals surface area contributed by atoms with Gasteiger partial charge in [-0.2, -0.15) is 0 Å². The molecule has 1 aromatic carbocycles. The van der Waals surface area contributed by atoms with Gasteiger partial charge in [0.2, 0.25) is 0 Å². The van der Waals surface area contributed by atoms with E-state index < -0.39 is 24.3 Å². The van der Waals surface area contributed by atoms with Gasteiger partial charge >= 0.3 is 5.97 Å². The van der Waals surface area contributed by atoms with Crippen molar-refractivity contribution in [2.45, 2.75) is 76.1 Å². The molecule has 1 unspecified atom stereocenters. The molecule has 166 valence electrons. The van der Waals surface area contributed by atoms with E-state index in [1.54, 1.807) is 18.2 Å². The number of aliphatic hydroxyl groups is 3. The molecule has 1 aromatic rings. The number of carbonyl (C=O) groups is 1. The lowest BCUT2D eigenvalue weighted by Gasteiger charge is -2.24. The minimum atomic E-state index is -0.777. The van der Waals surface area contributed by atoms with Crippen molar-refractivity contribution in [3.8, 4) is 0 Å². The summed E-state index contributed by atoms with van der Waals surface area (Å²) in [7, 11) is 0. The normalized spacial score (nSPS) is 24.3. The number of halogens is 1. The minimum Gasteiger partial charge on any atom is -0.481 e. The van der Waals surface area contributed by atoms with E-state index in [0.717, 1.165) is 25.7 Å². The molecule has 0 aromatic heterocycles. The third-order valence-corrected chi connectivity index (χ3v) is 5.93. The van der Waals surface area contributed by atoms with E-state index in [1.807, 2.05) is 0 Å². The molecule has 1 fully saturated rings. The minimum absolute atomic E-state index is 0.00962. The first-order valence-electron chi connectivity index (χ1n) is 10.8. The molecule has 2 rings (SSSR count). The molecule has 1 aliphatic carbocycles. The van der Waals surface area contributed by atoms with Crippen LogP contribution >= 0.6 is 0 Å². The highest BCUT2D eigenvalue weighted by molar-refractivity contribution is 5.66. The number of hydrogen-bond acceptors (Lipinski definition) is 4. The second kappa shape index (κ2) is 12.7. The number of aliphatic carboxylic acids is 1. The van der Waals surface area contributed by atoms with Gasteiger partial charge in [-0.1, -0.05) is 37.5 Å². The number of benzene rings is 1. The zero-order valence-corrected chi connectivity index (χ0v) is 17.3. The van der Waals surface area contributed by atoms with Crippen LogP contribution in [-0.4, -0.2) is 44.7 Å². The van der Waals surface area contributed by atoms with Gasteiger partial charge in [0, 0.05) is 12.0 Å². The molecule has 0 bridgehead atoms. The van der Waals surface area contributed by atoms with E-state index in [9.17, 15) is 24.5 Å². The van der Waals surface area contributed by atoms with Gasteiger partial charge in [0.15, 0.2) is 0 Å². The first-order valence-corrected chi connectivity index (χ1v) is 10.8. The Bertz CT molecular complexity index is 728. The summed E-state index contributed by atoms with van der Waals surface area (Å²) in [4.78, 5) is 10.5. The van der Waals surface area contributed by atoms with Crippen LogP contribution in [0, 0.1) is 17.7 Å². The van der Waals surface area contributed by atoms with Gasteiger partial charge in [0.05, 0.1) is 18.3 Å². The molecule has 1 saturated carbocycles. The van der Waals surface area contributed by atoms with Crippen molar-refractivity contribution >= 4 is 12.0 Å². The zero-order chi connectivity index (χ0) is 21.9. The molecule has 0 spiro atoms. The number of rotatable bonds is 12. The molecular weight excluding hydrogens is 387 g/mol. The van der Waals surface area contributed by atoms with Gasteiger partial charge in [-0.05, 0) is 62.2 Å². The summed E-state index contributed by atoms with van der Waals surface area (Å²) in [6.07, 6.45) is 6.74. The number of carboxylic acid groups (broad SMARTS) is 1. The Labute approximate surface area is 177 Å². The van der Waals surface area contributed by atoms with Crippen LogP contribution in [-0.2, 0) is 4.79 Å². The number of unbranched alkanes of at least 4 members (excludes halogenated alkanes) is 3. The molecular formula is C24H33FO5. The van der Waals surface area contributed by atoms with E-state index in [0.29, 0.717) is 31.2 Å². The van der Waals surface area contributed by atoms with Crippen LogP contribution in [0.3, 0.4) is 0 Å². The Morgan fingerprint density at radius 2 is 1.77 bits per heavy atom. The van der Waals surface area contributed by atoms with Gasteiger partial charge in [0.25, 0.3) is 0 Å². The maximum atomic E-state index is 13.6. The van der Waals surface area contributed by atoms with Crippen LogP contribution < -0.4 is 0 Å². The third-order valence-electron chi connectivity index (χ3n) is 5.93. The quantitative estimate of drug-likeness (QED) is 0.304. The SMILES string of the molecule is O=C(O)CCCCCC[C@@H]1[C@@H](CCC(O)C=C=Cc2ccccc2F)[C@H](O)C[C@@H]1O.